The van der Waals surface area contributed by atoms with Gasteiger partial charge >= 0.3 is 0 Å². The van der Waals surface area contributed by atoms with Crippen LogP contribution in [0.3, 0.4) is 0 Å². The van der Waals surface area contributed by atoms with Crippen molar-refractivity contribution in [3.8, 4) is 0 Å². The summed E-state index contributed by atoms with van der Waals surface area (Å²) in [5, 5.41) is 10.6. The minimum absolute atomic E-state index is 0.204. The molecule has 1 atom stereocenters. The molecule has 0 radical (unpaired) electrons. The Morgan fingerprint density at radius 1 is 1.05 bits per heavy atom. The normalized spacial score (nSPS) is 41.7. The fourth-order valence-corrected chi connectivity index (χ4v) is 5.26. The van der Waals surface area contributed by atoms with Crippen LogP contribution in [0.2, 0.25) is 0 Å². The number of ether oxygens (including phenoxy) is 2. The van der Waals surface area contributed by atoms with Gasteiger partial charge in [0.15, 0.2) is 0 Å². The van der Waals surface area contributed by atoms with E-state index < -0.39 is 0 Å². The zero-order chi connectivity index (χ0) is 13.3. The van der Waals surface area contributed by atoms with Crippen molar-refractivity contribution in [2.45, 2.75) is 51.0 Å². The highest BCUT2D eigenvalue weighted by molar-refractivity contribution is 5.04. The van der Waals surface area contributed by atoms with Crippen LogP contribution in [-0.2, 0) is 9.47 Å². The molecule has 0 aliphatic heterocycles. The van der Waals surface area contributed by atoms with Crippen molar-refractivity contribution < 1.29 is 14.6 Å². The molecular weight excluding hydrogens is 240 g/mol. The number of rotatable bonds is 7. The van der Waals surface area contributed by atoms with Crippen LogP contribution < -0.4 is 0 Å². The standard InChI is InChI=1S/C16H28O3/c1-18-3-2-4-19-11-15(17)16-8-12-5-13(9-16)7-14(6-12)10-16/h12-15,17H,2-11H2,1H3. The largest absolute Gasteiger partial charge is 0.390 e. The molecule has 0 saturated heterocycles. The summed E-state index contributed by atoms with van der Waals surface area (Å²) in [6.45, 7) is 1.97. The topological polar surface area (TPSA) is 38.7 Å². The van der Waals surface area contributed by atoms with Crippen molar-refractivity contribution in [1.82, 2.24) is 0 Å². The monoisotopic (exact) mass is 268 g/mol. The number of aliphatic hydroxyl groups excluding tert-OH is 1. The van der Waals surface area contributed by atoms with Gasteiger partial charge in [0.25, 0.3) is 0 Å². The van der Waals surface area contributed by atoms with E-state index >= 15 is 0 Å². The molecule has 0 amide bonds. The first-order chi connectivity index (χ1) is 9.22. The third-order valence-electron chi connectivity index (χ3n) is 5.71. The summed E-state index contributed by atoms with van der Waals surface area (Å²) in [6, 6.07) is 0. The first-order valence-corrected chi connectivity index (χ1v) is 7.96. The smallest absolute Gasteiger partial charge is 0.0829 e. The second-order valence-electron chi connectivity index (χ2n) is 7.22. The van der Waals surface area contributed by atoms with Gasteiger partial charge in [-0.15, -0.1) is 0 Å². The van der Waals surface area contributed by atoms with Gasteiger partial charge in [-0.05, 0) is 68.1 Å². The number of hydrogen-bond donors (Lipinski definition) is 1. The van der Waals surface area contributed by atoms with Crippen LogP contribution in [0.1, 0.15) is 44.9 Å². The fourth-order valence-electron chi connectivity index (χ4n) is 5.26. The Labute approximate surface area is 116 Å². The van der Waals surface area contributed by atoms with E-state index in [1.807, 2.05) is 0 Å². The lowest BCUT2D eigenvalue weighted by Gasteiger charge is -2.58. The maximum absolute atomic E-state index is 10.6. The maximum atomic E-state index is 10.6. The summed E-state index contributed by atoms with van der Waals surface area (Å²) < 4.78 is 10.7. The summed E-state index contributed by atoms with van der Waals surface area (Å²) in [6.07, 6.45) is 8.72. The lowest BCUT2D eigenvalue weighted by Crippen LogP contribution is -2.52. The Hall–Kier alpha value is -0.120. The Morgan fingerprint density at radius 2 is 1.63 bits per heavy atom. The van der Waals surface area contributed by atoms with Crippen LogP contribution in [0.4, 0.5) is 0 Å². The van der Waals surface area contributed by atoms with Crippen molar-refractivity contribution in [2.75, 3.05) is 26.9 Å². The zero-order valence-electron chi connectivity index (χ0n) is 12.1. The van der Waals surface area contributed by atoms with Gasteiger partial charge < -0.3 is 14.6 Å². The molecular formula is C16H28O3. The average molecular weight is 268 g/mol. The van der Waals surface area contributed by atoms with E-state index in [2.05, 4.69) is 0 Å². The first kappa shape index (κ1) is 13.8. The highest BCUT2D eigenvalue weighted by Crippen LogP contribution is 2.61. The number of methoxy groups -OCH3 is 1. The van der Waals surface area contributed by atoms with Crippen LogP contribution in [0.25, 0.3) is 0 Å². The first-order valence-electron chi connectivity index (χ1n) is 7.96. The Morgan fingerprint density at radius 3 is 2.16 bits per heavy atom. The highest BCUT2D eigenvalue weighted by Gasteiger charge is 2.53. The molecule has 4 rings (SSSR count). The van der Waals surface area contributed by atoms with E-state index in [1.165, 1.54) is 38.5 Å². The van der Waals surface area contributed by atoms with Gasteiger partial charge in [-0.25, -0.2) is 0 Å². The van der Waals surface area contributed by atoms with E-state index in [0.717, 1.165) is 30.8 Å². The molecule has 4 bridgehead atoms. The number of hydrogen-bond acceptors (Lipinski definition) is 3. The Balaban J connectivity index is 1.50. The van der Waals surface area contributed by atoms with Gasteiger partial charge in [-0.2, -0.15) is 0 Å². The predicted octanol–water partition coefficient (Wildman–Crippen LogP) is 2.62. The third-order valence-corrected chi connectivity index (χ3v) is 5.71. The second-order valence-corrected chi connectivity index (χ2v) is 7.22. The van der Waals surface area contributed by atoms with Gasteiger partial charge in [0.05, 0.1) is 12.7 Å². The number of aliphatic hydroxyl groups is 1. The van der Waals surface area contributed by atoms with E-state index in [4.69, 9.17) is 9.47 Å². The lowest BCUT2D eigenvalue weighted by molar-refractivity contribution is -0.140. The lowest BCUT2D eigenvalue weighted by atomic mass is 9.48. The summed E-state index contributed by atoms with van der Waals surface area (Å²) >= 11 is 0. The molecule has 0 aromatic carbocycles. The summed E-state index contributed by atoms with van der Waals surface area (Å²) in [4.78, 5) is 0. The van der Waals surface area contributed by atoms with Crippen molar-refractivity contribution >= 4 is 0 Å². The van der Waals surface area contributed by atoms with E-state index in [0.29, 0.717) is 13.2 Å². The van der Waals surface area contributed by atoms with Gasteiger partial charge in [-0.1, -0.05) is 0 Å². The van der Waals surface area contributed by atoms with Crippen molar-refractivity contribution in [1.29, 1.82) is 0 Å². The van der Waals surface area contributed by atoms with Gasteiger partial charge in [0.1, 0.15) is 0 Å². The third kappa shape index (κ3) is 2.84. The van der Waals surface area contributed by atoms with Crippen LogP contribution in [0.5, 0.6) is 0 Å². The summed E-state index contributed by atoms with van der Waals surface area (Å²) in [7, 11) is 1.71. The average Bonchev–Trinajstić information content (AvgIpc) is 2.36. The fraction of sp³-hybridized carbons (Fsp3) is 1.00. The van der Waals surface area contributed by atoms with Crippen LogP contribution in [-0.4, -0.2) is 38.1 Å². The van der Waals surface area contributed by atoms with Crippen molar-refractivity contribution in [3.63, 3.8) is 0 Å². The summed E-state index contributed by atoms with van der Waals surface area (Å²) in [5.74, 6) is 2.69. The second kappa shape index (κ2) is 5.71. The molecule has 0 aromatic heterocycles. The Bertz CT molecular complexity index is 267. The van der Waals surface area contributed by atoms with Gasteiger partial charge in [0.2, 0.25) is 0 Å². The molecule has 1 unspecified atom stereocenters. The van der Waals surface area contributed by atoms with Gasteiger partial charge in [-0.3, -0.25) is 0 Å². The van der Waals surface area contributed by atoms with E-state index in [9.17, 15) is 5.11 Å². The molecule has 3 heteroatoms. The van der Waals surface area contributed by atoms with Gasteiger partial charge in [0, 0.05) is 20.3 Å². The molecule has 19 heavy (non-hydrogen) atoms. The molecule has 4 saturated carbocycles. The van der Waals surface area contributed by atoms with Crippen molar-refractivity contribution in [3.05, 3.63) is 0 Å². The van der Waals surface area contributed by atoms with Crippen LogP contribution >= 0.6 is 0 Å². The molecule has 0 heterocycles. The highest BCUT2D eigenvalue weighted by atomic mass is 16.5. The SMILES string of the molecule is COCCCOCC(O)C12CC3CC(CC(C3)C1)C2. The molecule has 4 aliphatic carbocycles. The van der Waals surface area contributed by atoms with Crippen LogP contribution in [0.15, 0.2) is 0 Å². The molecule has 4 fully saturated rings. The maximum Gasteiger partial charge on any atom is 0.0829 e. The van der Waals surface area contributed by atoms with Crippen molar-refractivity contribution in [2.24, 2.45) is 23.2 Å². The molecule has 0 aromatic rings. The molecule has 1 N–H and O–H groups in total. The minimum atomic E-state index is -0.247. The van der Waals surface area contributed by atoms with E-state index in [-0.39, 0.29) is 11.5 Å². The summed E-state index contributed by atoms with van der Waals surface area (Å²) in [5.41, 5.74) is 0.204. The molecule has 3 nitrogen and oxygen atoms in total. The van der Waals surface area contributed by atoms with Crippen LogP contribution in [0, 0.1) is 23.2 Å². The zero-order valence-corrected chi connectivity index (χ0v) is 12.1. The predicted molar refractivity (Wildman–Crippen MR) is 73.9 cm³/mol. The molecule has 0 spiro atoms. The van der Waals surface area contributed by atoms with E-state index in [1.54, 1.807) is 7.11 Å². The molecule has 4 aliphatic rings. The minimum Gasteiger partial charge on any atom is -0.390 e. The Kier molecular flexibility index (Phi) is 4.16. The molecule has 110 valence electrons. The quantitative estimate of drug-likeness (QED) is 0.721.